The zero-order valence-electron chi connectivity index (χ0n) is 16.1. The number of hydrogen-bond donors (Lipinski definition) is 1. The summed E-state index contributed by atoms with van der Waals surface area (Å²) in [6.45, 7) is 6.32. The van der Waals surface area contributed by atoms with Gasteiger partial charge in [-0.25, -0.2) is 0 Å². The van der Waals surface area contributed by atoms with E-state index in [-0.39, 0.29) is 11.9 Å². The molecule has 138 valence electrons. The third-order valence-electron chi connectivity index (χ3n) is 5.03. The zero-order valence-corrected chi connectivity index (χ0v) is 16.9. The van der Waals surface area contributed by atoms with E-state index in [0.29, 0.717) is 5.75 Å². The van der Waals surface area contributed by atoms with Crippen molar-refractivity contribution in [2.75, 3.05) is 5.75 Å². The minimum atomic E-state index is 0.0662. The van der Waals surface area contributed by atoms with E-state index in [2.05, 4.69) is 62.5 Å². The largest absolute Gasteiger partial charge is 0.349 e. The maximum absolute atomic E-state index is 12.3. The summed E-state index contributed by atoms with van der Waals surface area (Å²) in [7, 11) is 0. The highest BCUT2D eigenvalue weighted by Gasteiger charge is 2.14. The highest BCUT2D eigenvalue weighted by atomic mass is 32.2. The van der Waals surface area contributed by atoms with Gasteiger partial charge in [-0.1, -0.05) is 47.5 Å². The molecule has 0 spiro atoms. The van der Waals surface area contributed by atoms with Crippen molar-refractivity contribution in [2.24, 2.45) is 0 Å². The fourth-order valence-electron chi connectivity index (χ4n) is 3.80. The second-order valence-electron chi connectivity index (χ2n) is 7.51. The van der Waals surface area contributed by atoms with Crippen LogP contribution in [0.1, 0.15) is 59.2 Å². The van der Waals surface area contributed by atoms with Crippen molar-refractivity contribution in [1.82, 2.24) is 5.32 Å². The summed E-state index contributed by atoms with van der Waals surface area (Å²) in [6, 6.07) is 13.4. The maximum atomic E-state index is 12.3. The Morgan fingerprint density at radius 2 is 1.73 bits per heavy atom. The van der Waals surface area contributed by atoms with Crippen molar-refractivity contribution >= 4 is 17.7 Å². The number of aryl methyl sites for hydroxylation is 4. The maximum Gasteiger partial charge on any atom is 0.230 e. The van der Waals surface area contributed by atoms with E-state index in [1.165, 1.54) is 59.1 Å². The lowest BCUT2D eigenvalue weighted by Crippen LogP contribution is -2.28. The lowest BCUT2D eigenvalue weighted by atomic mass is 9.89. The highest BCUT2D eigenvalue weighted by molar-refractivity contribution is 7.99. The van der Waals surface area contributed by atoms with E-state index in [1.807, 2.05) is 0 Å². The molecule has 26 heavy (non-hydrogen) atoms. The van der Waals surface area contributed by atoms with Crippen LogP contribution in [0.2, 0.25) is 0 Å². The van der Waals surface area contributed by atoms with Crippen LogP contribution in [0.3, 0.4) is 0 Å². The molecular formula is C23H29NOS. The summed E-state index contributed by atoms with van der Waals surface area (Å²) in [5, 5.41) is 3.15. The van der Waals surface area contributed by atoms with Gasteiger partial charge in [-0.3, -0.25) is 4.79 Å². The standard InChI is InChI=1S/C23H29NOS/c1-16-10-17(2)12-19(11-16)14-26-15-23(25)24-18(3)21-9-8-20-6-4-5-7-22(20)13-21/h8-13,18H,4-7,14-15H2,1-3H3,(H,24,25). The molecule has 1 atom stereocenters. The van der Waals surface area contributed by atoms with E-state index in [0.717, 1.165) is 5.75 Å². The molecule has 0 radical (unpaired) electrons. The summed E-state index contributed by atoms with van der Waals surface area (Å²) >= 11 is 1.68. The van der Waals surface area contributed by atoms with Gasteiger partial charge in [0.25, 0.3) is 0 Å². The van der Waals surface area contributed by atoms with Gasteiger partial charge in [0.05, 0.1) is 11.8 Å². The predicted octanol–water partition coefficient (Wildman–Crippen LogP) is 5.29. The van der Waals surface area contributed by atoms with Gasteiger partial charge in [0.1, 0.15) is 0 Å². The van der Waals surface area contributed by atoms with Crippen molar-refractivity contribution in [2.45, 2.75) is 58.2 Å². The molecule has 1 aliphatic carbocycles. The van der Waals surface area contributed by atoms with E-state index in [4.69, 9.17) is 0 Å². The molecule has 1 aliphatic rings. The summed E-state index contributed by atoms with van der Waals surface area (Å²) < 4.78 is 0. The number of rotatable bonds is 6. The molecule has 0 bridgehead atoms. The van der Waals surface area contributed by atoms with Gasteiger partial charge in [-0.15, -0.1) is 11.8 Å². The highest BCUT2D eigenvalue weighted by Crippen LogP contribution is 2.25. The lowest BCUT2D eigenvalue weighted by Gasteiger charge is -2.20. The van der Waals surface area contributed by atoms with Gasteiger partial charge in [-0.05, 0) is 68.7 Å². The normalized spacial score (nSPS) is 14.6. The molecule has 1 N–H and O–H groups in total. The van der Waals surface area contributed by atoms with E-state index < -0.39 is 0 Å². The average Bonchev–Trinajstić information content (AvgIpc) is 2.60. The quantitative estimate of drug-likeness (QED) is 0.751. The molecule has 3 heteroatoms. The Bertz CT molecular complexity index is 764. The second-order valence-corrected chi connectivity index (χ2v) is 8.50. The fraction of sp³-hybridized carbons (Fsp3) is 0.435. The molecule has 0 aliphatic heterocycles. The molecule has 0 fully saturated rings. The van der Waals surface area contributed by atoms with Gasteiger partial charge in [0, 0.05) is 5.75 Å². The van der Waals surface area contributed by atoms with Crippen LogP contribution >= 0.6 is 11.8 Å². The van der Waals surface area contributed by atoms with Crippen molar-refractivity contribution in [3.05, 3.63) is 69.8 Å². The molecule has 0 heterocycles. The molecule has 1 amide bonds. The third kappa shape index (κ3) is 5.14. The molecule has 2 nitrogen and oxygen atoms in total. The van der Waals surface area contributed by atoms with Crippen LogP contribution in [0.15, 0.2) is 36.4 Å². The Morgan fingerprint density at radius 1 is 1.04 bits per heavy atom. The number of carbonyl (C=O) groups is 1. The summed E-state index contributed by atoms with van der Waals surface area (Å²) in [6.07, 6.45) is 4.96. The minimum absolute atomic E-state index is 0.0662. The van der Waals surface area contributed by atoms with Gasteiger partial charge in [0.2, 0.25) is 5.91 Å². The number of carbonyl (C=O) groups excluding carboxylic acids is 1. The lowest BCUT2D eigenvalue weighted by molar-refractivity contribution is -0.119. The summed E-state index contributed by atoms with van der Waals surface area (Å²) in [5.41, 5.74) is 8.04. The van der Waals surface area contributed by atoms with Crippen LogP contribution in [0.4, 0.5) is 0 Å². The molecule has 1 unspecified atom stereocenters. The summed E-state index contributed by atoms with van der Waals surface area (Å²) in [5.74, 6) is 1.50. The Hall–Kier alpha value is -1.74. The average molecular weight is 368 g/mol. The first-order valence-electron chi connectivity index (χ1n) is 9.57. The monoisotopic (exact) mass is 367 g/mol. The topological polar surface area (TPSA) is 29.1 Å². The van der Waals surface area contributed by atoms with E-state index >= 15 is 0 Å². The first-order valence-corrected chi connectivity index (χ1v) is 10.7. The number of benzene rings is 2. The molecule has 0 saturated carbocycles. The second kappa shape index (κ2) is 8.77. The Kier molecular flexibility index (Phi) is 6.42. The smallest absolute Gasteiger partial charge is 0.230 e. The summed E-state index contributed by atoms with van der Waals surface area (Å²) in [4.78, 5) is 12.3. The van der Waals surface area contributed by atoms with E-state index in [9.17, 15) is 4.79 Å². The third-order valence-corrected chi connectivity index (χ3v) is 6.04. The number of amides is 1. The Labute approximate surface area is 161 Å². The first-order chi connectivity index (χ1) is 12.5. The van der Waals surface area contributed by atoms with Crippen LogP contribution in [0, 0.1) is 13.8 Å². The van der Waals surface area contributed by atoms with Crippen LogP contribution in [-0.2, 0) is 23.4 Å². The van der Waals surface area contributed by atoms with Crippen molar-refractivity contribution in [3.63, 3.8) is 0 Å². The molecule has 2 aromatic rings. The molecule has 0 aromatic heterocycles. The molecule has 0 saturated heterocycles. The number of nitrogens with one attached hydrogen (secondary N) is 1. The van der Waals surface area contributed by atoms with Crippen LogP contribution in [-0.4, -0.2) is 11.7 Å². The van der Waals surface area contributed by atoms with Gasteiger partial charge >= 0.3 is 0 Å². The van der Waals surface area contributed by atoms with Crippen LogP contribution in [0.25, 0.3) is 0 Å². The number of hydrogen-bond acceptors (Lipinski definition) is 2. The predicted molar refractivity (Wildman–Crippen MR) is 112 cm³/mol. The number of fused-ring (bicyclic) bond motifs is 1. The van der Waals surface area contributed by atoms with Crippen molar-refractivity contribution in [3.8, 4) is 0 Å². The van der Waals surface area contributed by atoms with Gasteiger partial charge in [0.15, 0.2) is 0 Å². The van der Waals surface area contributed by atoms with Gasteiger partial charge in [-0.2, -0.15) is 0 Å². The zero-order chi connectivity index (χ0) is 18.5. The van der Waals surface area contributed by atoms with Gasteiger partial charge < -0.3 is 5.32 Å². The van der Waals surface area contributed by atoms with Crippen LogP contribution < -0.4 is 5.32 Å². The molecule has 3 rings (SSSR count). The Balaban J connectivity index is 1.49. The van der Waals surface area contributed by atoms with Crippen LogP contribution in [0.5, 0.6) is 0 Å². The van der Waals surface area contributed by atoms with E-state index in [1.54, 1.807) is 11.8 Å². The molecule has 2 aromatic carbocycles. The van der Waals surface area contributed by atoms with Crippen molar-refractivity contribution < 1.29 is 4.79 Å². The first kappa shape index (κ1) is 19.0. The fourth-order valence-corrected chi connectivity index (χ4v) is 4.58. The Morgan fingerprint density at radius 3 is 2.46 bits per heavy atom. The van der Waals surface area contributed by atoms with Crippen molar-refractivity contribution in [1.29, 1.82) is 0 Å². The SMILES string of the molecule is Cc1cc(C)cc(CSCC(=O)NC(C)c2ccc3c(c2)CCCC3)c1. The molecular weight excluding hydrogens is 338 g/mol. The minimum Gasteiger partial charge on any atom is -0.349 e. The number of thioether (sulfide) groups is 1.